The number of hydrogen-bond donors (Lipinski definition) is 4. The number of amides is 1. The van der Waals surface area contributed by atoms with Gasteiger partial charge in [0.25, 0.3) is 5.91 Å². The molecule has 1 aliphatic rings. The van der Waals surface area contributed by atoms with Gasteiger partial charge in [-0.05, 0) is 0 Å². The maximum atomic E-state index is 10.9. The Labute approximate surface area is 79.3 Å². The molecule has 1 heterocycles. The van der Waals surface area contributed by atoms with Gasteiger partial charge >= 0.3 is 5.97 Å². The van der Waals surface area contributed by atoms with E-state index in [-0.39, 0.29) is 0 Å². The van der Waals surface area contributed by atoms with Crippen LogP contribution in [0.25, 0.3) is 0 Å². The predicted octanol–water partition coefficient (Wildman–Crippen LogP) is -3.26. The van der Waals surface area contributed by atoms with Crippen LogP contribution >= 0.6 is 0 Å². The van der Waals surface area contributed by atoms with Crippen molar-refractivity contribution in [1.82, 2.24) is 5.32 Å². The summed E-state index contributed by atoms with van der Waals surface area (Å²) in [6, 6.07) is 0. The molecular weight excluding hydrogens is 194 g/mol. The standard InChI is InChI=1S/C7H11NO6/c1-8-6(12)4(11)5-2(9)3(10)7(13)14-5/h2-5,9-11H,1H3,(H,8,12)/t2-,3+,4-,5+/m1/s1. The Bertz CT molecular complexity index is 255. The highest BCUT2D eigenvalue weighted by Gasteiger charge is 2.48. The Morgan fingerprint density at radius 1 is 1.57 bits per heavy atom. The van der Waals surface area contributed by atoms with Crippen molar-refractivity contribution in [3.05, 3.63) is 0 Å². The van der Waals surface area contributed by atoms with E-state index >= 15 is 0 Å². The van der Waals surface area contributed by atoms with Crippen LogP contribution in [-0.2, 0) is 14.3 Å². The molecule has 1 rings (SSSR count). The highest BCUT2D eigenvalue weighted by molar-refractivity contribution is 5.84. The van der Waals surface area contributed by atoms with Gasteiger partial charge in [0.15, 0.2) is 18.3 Å². The highest BCUT2D eigenvalue weighted by atomic mass is 16.6. The summed E-state index contributed by atoms with van der Waals surface area (Å²) in [5.41, 5.74) is 0. The number of aliphatic hydroxyl groups excluding tert-OH is 3. The molecule has 1 amide bonds. The number of likely N-dealkylation sites (N-methyl/N-ethyl adjacent to an activating group) is 1. The van der Waals surface area contributed by atoms with Crippen molar-refractivity contribution >= 4 is 11.9 Å². The Hall–Kier alpha value is -1.18. The van der Waals surface area contributed by atoms with Gasteiger partial charge in [0.05, 0.1) is 0 Å². The number of carbonyl (C=O) groups excluding carboxylic acids is 2. The molecule has 1 aliphatic heterocycles. The van der Waals surface area contributed by atoms with Gasteiger partial charge in [-0.2, -0.15) is 0 Å². The maximum Gasteiger partial charge on any atom is 0.338 e. The van der Waals surface area contributed by atoms with Gasteiger partial charge in [-0.15, -0.1) is 0 Å². The molecule has 0 aromatic heterocycles. The molecule has 4 N–H and O–H groups in total. The lowest BCUT2D eigenvalue weighted by atomic mass is 10.1. The van der Waals surface area contributed by atoms with Crippen molar-refractivity contribution in [2.24, 2.45) is 0 Å². The smallest absolute Gasteiger partial charge is 0.338 e. The zero-order valence-corrected chi connectivity index (χ0v) is 7.38. The van der Waals surface area contributed by atoms with E-state index in [4.69, 9.17) is 5.11 Å². The Morgan fingerprint density at radius 2 is 2.14 bits per heavy atom. The summed E-state index contributed by atoms with van der Waals surface area (Å²) in [6.45, 7) is 0. The second-order valence-electron chi connectivity index (χ2n) is 2.90. The minimum absolute atomic E-state index is 0.795. The summed E-state index contributed by atoms with van der Waals surface area (Å²) in [7, 11) is 1.28. The average molecular weight is 205 g/mol. The lowest BCUT2D eigenvalue weighted by Crippen LogP contribution is -2.46. The van der Waals surface area contributed by atoms with E-state index in [2.05, 4.69) is 10.1 Å². The molecule has 0 spiro atoms. The molecular formula is C7H11NO6. The second-order valence-corrected chi connectivity index (χ2v) is 2.90. The summed E-state index contributed by atoms with van der Waals surface area (Å²) in [5, 5.41) is 29.6. The molecule has 7 nitrogen and oxygen atoms in total. The van der Waals surface area contributed by atoms with Crippen LogP contribution in [0.15, 0.2) is 0 Å². The van der Waals surface area contributed by atoms with Crippen LogP contribution in [0.1, 0.15) is 0 Å². The first kappa shape index (κ1) is 10.9. The van der Waals surface area contributed by atoms with Crippen LogP contribution in [0.5, 0.6) is 0 Å². The van der Waals surface area contributed by atoms with Crippen molar-refractivity contribution in [1.29, 1.82) is 0 Å². The number of hydrogen-bond acceptors (Lipinski definition) is 6. The number of cyclic esters (lactones) is 1. The predicted molar refractivity (Wildman–Crippen MR) is 42.0 cm³/mol. The Morgan fingerprint density at radius 3 is 2.50 bits per heavy atom. The summed E-state index contributed by atoms with van der Waals surface area (Å²) in [4.78, 5) is 21.6. The van der Waals surface area contributed by atoms with E-state index in [0.717, 1.165) is 0 Å². The molecule has 1 saturated heterocycles. The van der Waals surface area contributed by atoms with E-state index in [1.807, 2.05) is 0 Å². The van der Waals surface area contributed by atoms with Crippen LogP contribution in [0.4, 0.5) is 0 Å². The highest BCUT2D eigenvalue weighted by Crippen LogP contribution is 2.18. The molecule has 0 aromatic carbocycles. The largest absolute Gasteiger partial charge is 0.454 e. The van der Waals surface area contributed by atoms with E-state index in [1.54, 1.807) is 0 Å². The van der Waals surface area contributed by atoms with Gasteiger partial charge in [0.1, 0.15) is 6.10 Å². The lowest BCUT2D eigenvalue weighted by molar-refractivity contribution is -0.153. The number of rotatable bonds is 2. The van der Waals surface area contributed by atoms with Crippen molar-refractivity contribution in [2.45, 2.75) is 24.4 Å². The topological polar surface area (TPSA) is 116 Å². The van der Waals surface area contributed by atoms with E-state index < -0.39 is 36.3 Å². The van der Waals surface area contributed by atoms with Crippen molar-refractivity contribution in [2.75, 3.05) is 7.05 Å². The van der Waals surface area contributed by atoms with Gasteiger partial charge < -0.3 is 25.4 Å². The maximum absolute atomic E-state index is 10.9. The van der Waals surface area contributed by atoms with Gasteiger partial charge in [-0.3, -0.25) is 4.79 Å². The fraction of sp³-hybridized carbons (Fsp3) is 0.714. The fourth-order valence-electron chi connectivity index (χ4n) is 1.14. The van der Waals surface area contributed by atoms with E-state index in [0.29, 0.717) is 0 Å². The van der Waals surface area contributed by atoms with Gasteiger partial charge in [-0.25, -0.2) is 4.79 Å². The zero-order chi connectivity index (χ0) is 10.9. The van der Waals surface area contributed by atoms with Crippen LogP contribution in [-0.4, -0.2) is 58.7 Å². The number of ether oxygens (including phenoxy) is 1. The molecule has 7 heteroatoms. The van der Waals surface area contributed by atoms with Crippen molar-refractivity contribution in [3.8, 4) is 0 Å². The molecule has 1 fully saturated rings. The first-order valence-corrected chi connectivity index (χ1v) is 3.95. The molecule has 0 aromatic rings. The van der Waals surface area contributed by atoms with Gasteiger partial charge in [0, 0.05) is 7.05 Å². The normalized spacial score (nSPS) is 33.7. The molecule has 0 aliphatic carbocycles. The summed E-state index contributed by atoms with van der Waals surface area (Å²) < 4.78 is 4.42. The third-order valence-electron chi connectivity index (χ3n) is 1.98. The summed E-state index contributed by atoms with van der Waals surface area (Å²) >= 11 is 0. The number of nitrogens with one attached hydrogen (secondary N) is 1. The van der Waals surface area contributed by atoms with Crippen LogP contribution in [0.2, 0.25) is 0 Å². The minimum Gasteiger partial charge on any atom is -0.454 e. The van der Waals surface area contributed by atoms with Crippen LogP contribution < -0.4 is 5.32 Å². The van der Waals surface area contributed by atoms with Crippen molar-refractivity contribution < 1.29 is 29.6 Å². The molecule has 0 bridgehead atoms. The molecule has 4 atom stereocenters. The molecule has 14 heavy (non-hydrogen) atoms. The lowest BCUT2D eigenvalue weighted by Gasteiger charge is -2.18. The summed E-state index contributed by atoms with van der Waals surface area (Å²) in [6.07, 6.45) is -6.40. The van der Waals surface area contributed by atoms with Gasteiger partial charge in [0.2, 0.25) is 0 Å². The first-order chi connectivity index (χ1) is 6.49. The van der Waals surface area contributed by atoms with Crippen molar-refractivity contribution in [3.63, 3.8) is 0 Å². The monoisotopic (exact) mass is 205 g/mol. The molecule has 0 saturated carbocycles. The van der Waals surface area contributed by atoms with E-state index in [1.165, 1.54) is 7.05 Å². The Balaban J connectivity index is 2.71. The molecule has 0 unspecified atom stereocenters. The number of aliphatic hydroxyl groups is 3. The zero-order valence-electron chi connectivity index (χ0n) is 7.38. The summed E-state index contributed by atoms with van der Waals surface area (Å²) in [5.74, 6) is -1.85. The third kappa shape index (κ3) is 1.69. The minimum atomic E-state index is -1.71. The van der Waals surface area contributed by atoms with Gasteiger partial charge in [-0.1, -0.05) is 0 Å². The third-order valence-corrected chi connectivity index (χ3v) is 1.98. The number of carbonyl (C=O) groups is 2. The van der Waals surface area contributed by atoms with Crippen LogP contribution in [0, 0.1) is 0 Å². The quantitative estimate of drug-likeness (QED) is 0.352. The first-order valence-electron chi connectivity index (χ1n) is 3.95. The Kier molecular flexibility index (Phi) is 3.04. The fourth-order valence-corrected chi connectivity index (χ4v) is 1.14. The van der Waals surface area contributed by atoms with Crippen LogP contribution in [0.3, 0.4) is 0 Å². The molecule has 0 radical (unpaired) electrons. The van der Waals surface area contributed by atoms with E-state index in [9.17, 15) is 19.8 Å². The molecule has 80 valence electrons. The second kappa shape index (κ2) is 3.91. The number of esters is 1. The average Bonchev–Trinajstić information content (AvgIpc) is 2.43. The SMILES string of the molecule is CNC(=O)[C@H](O)[C@H]1OC(=O)[C@@H](O)[C@H]1O.